The van der Waals surface area contributed by atoms with Crippen molar-refractivity contribution >= 4 is 5.97 Å². The van der Waals surface area contributed by atoms with E-state index in [0.29, 0.717) is 0 Å². The monoisotopic (exact) mass is 173 g/mol. The smallest absolute Gasteiger partial charge is 0.118 e. The standard InChI is InChI=1S/C8H15NO3/c1-6-3-9(5-8(10)11)4-7(2)12-6/h6-7H,3-5H2,1-2H3,(H,10,11)/t6-,7-/m1/s1. The Balaban J connectivity index is 2.38. The number of carbonyl (C=O) groups is 1. The van der Waals surface area contributed by atoms with E-state index in [0.717, 1.165) is 18.0 Å². The largest absolute Gasteiger partial charge is 0.544 e. The zero-order valence-electron chi connectivity index (χ0n) is 7.50. The summed E-state index contributed by atoms with van der Waals surface area (Å²) < 4.78 is 5.46. The molecule has 1 N–H and O–H groups in total. The summed E-state index contributed by atoms with van der Waals surface area (Å²) >= 11 is 0. The molecule has 0 radical (unpaired) electrons. The number of quaternary nitrogens is 1. The molecule has 1 rings (SSSR count). The van der Waals surface area contributed by atoms with Gasteiger partial charge in [-0.05, 0) is 13.8 Å². The summed E-state index contributed by atoms with van der Waals surface area (Å²) in [4.78, 5) is 11.4. The molecule has 0 aromatic rings. The number of nitrogens with one attached hydrogen (secondary N) is 1. The Labute approximate surface area is 72.1 Å². The molecule has 1 fully saturated rings. The Hall–Kier alpha value is -0.610. The van der Waals surface area contributed by atoms with Crippen LogP contribution in [0.2, 0.25) is 0 Å². The lowest BCUT2D eigenvalue weighted by atomic mass is 10.2. The van der Waals surface area contributed by atoms with Gasteiger partial charge in [-0.25, -0.2) is 0 Å². The van der Waals surface area contributed by atoms with Crippen LogP contribution in [-0.4, -0.2) is 37.8 Å². The lowest BCUT2D eigenvalue weighted by molar-refractivity contribution is -0.909. The van der Waals surface area contributed by atoms with Crippen LogP contribution >= 0.6 is 0 Å². The molecule has 12 heavy (non-hydrogen) atoms. The highest BCUT2D eigenvalue weighted by Gasteiger charge is 2.24. The van der Waals surface area contributed by atoms with Crippen molar-refractivity contribution in [3.05, 3.63) is 0 Å². The van der Waals surface area contributed by atoms with Gasteiger partial charge in [0.2, 0.25) is 0 Å². The fraction of sp³-hybridized carbons (Fsp3) is 0.875. The zero-order valence-corrected chi connectivity index (χ0v) is 7.50. The molecule has 0 spiro atoms. The quantitative estimate of drug-likeness (QED) is 0.499. The van der Waals surface area contributed by atoms with Gasteiger partial charge in [0.05, 0.1) is 5.97 Å². The molecule has 0 aromatic heterocycles. The number of hydrogen-bond acceptors (Lipinski definition) is 3. The molecule has 1 saturated heterocycles. The molecular weight excluding hydrogens is 158 g/mol. The first-order valence-corrected chi connectivity index (χ1v) is 4.27. The van der Waals surface area contributed by atoms with E-state index in [1.807, 2.05) is 13.8 Å². The van der Waals surface area contributed by atoms with Crippen LogP contribution in [-0.2, 0) is 9.53 Å². The van der Waals surface area contributed by atoms with Crippen LogP contribution in [0.5, 0.6) is 0 Å². The summed E-state index contributed by atoms with van der Waals surface area (Å²) in [5.74, 6) is -0.980. The van der Waals surface area contributed by atoms with Crippen LogP contribution in [0.25, 0.3) is 0 Å². The first kappa shape index (κ1) is 9.48. The number of carboxylic acids is 1. The van der Waals surface area contributed by atoms with Gasteiger partial charge < -0.3 is 19.5 Å². The van der Waals surface area contributed by atoms with Gasteiger partial charge >= 0.3 is 0 Å². The average Bonchev–Trinajstić information content (AvgIpc) is 1.81. The van der Waals surface area contributed by atoms with Crippen LogP contribution in [0.3, 0.4) is 0 Å². The molecule has 4 nitrogen and oxygen atoms in total. The number of morpholine rings is 1. The summed E-state index contributed by atoms with van der Waals surface area (Å²) in [6.07, 6.45) is 0.311. The summed E-state index contributed by atoms with van der Waals surface area (Å²) in [5, 5.41) is 10.3. The molecule has 4 heteroatoms. The Morgan fingerprint density at radius 3 is 2.42 bits per heavy atom. The Morgan fingerprint density at radius 1 is 1.50 bits per heavy atom. The third-order valence-electron chi connectivity index (χ3n) is 2.01. The number of ether oxygens (including phenoxy) is 1. The highest BCUT2D eigenvalue weighted by Crippen LogP contribution is 1.97. The number of rotatable bonds is 2. The number of carboxylic acid groups (broad SMARTS) is 1. The van der Waals surface area contributed by atoms with E-state index in [1.165, 1.54) is 0 Å². The van der Waals surface area contributed by atoms with E-state index in [4.69, 9.17) is 4.74 Å². The van der Waals surface area contributed by atoms with Crippen LogP contribution < -0.4 is 10.0 Å². The molecule has 0 aromatic carbocycles. The van der Waals surface area contributed by atoms with Gasteiger partial charge in [-0.3, -0.25) is 0 Å². The lowest BCUT2D eigenvalue weighted by Crippen LogP contribution is -3.16. The van der Waals surface area contributed by atoms with Gasteiger partial charge in [0.15, 0.2) is 0 Å². The summed E-state index contributed by atoms with van der Waals surface area (Å²) in [7, 11) is 0. The summed E-state index contributed by atoms with van der Waals surface area (Å²) in [6.45, 7) is 5.55. The van der Waals surface area contributed by atoms with Crippen molar-refractivity contribution in [2.75, 3.05) is 19.6 Å². The molecule has 1 aliphatic rings. The van der Waals surface area contributed by atoms with Gasteiger partial charge in [0.25, 0.3) is 0 Å². The van der Waals surface area contributed by atoms with Crippen LogP contribution in [0.4, 0.5) is 0 Å². The predicted molar refractivity (Wildman–Crippen MR) is 40.6 cm³/mol. The van der Waals surface area contributed by atoms with E-state index < -0.39 is 5.97 Å². The fourth-order valence-corrected chi connectivity index (χ4v) is 1.74. The molecule has 0 aliphatic carbocycles. The zero-order chi connectivity index (χ0) is 9.14. The summed E-state index contributed by atoms with van der Waals surface area (Å²) in [6, 6.07) is 0. The van der Waals surface area contributed by atoms with Crippen LogP contribution in [0.15, 0.2) is 0 Å². The minimum atomic E-state index is -0.980. The van der Waals surface area contributed by atoms with Crippen molar-refractivity contribution in [2.24, 2.45) is 0 Å². The lowest BCUT2D eigenvalue weighted by Gasteiger charge is -2.32. The van der Waals surface area contributed by atoms with Crippen LogP contribution in [0, 0.1) is 0 Å². The minimum Gasteiger partial charge on any atom is -0.544 e. The first-order chi connectivity index (χ1) is 5.58. The SMILES string of the molecule is C[C@@H]1C[NH+](CC(=O)[O-])C[C@@H](C)O1. The number of aliphatic carboxylic acids is 1. The predicted octanol–water partition coefficient (Wildman–Crippen LogP) is -2.57. The van der Waals surface area contributed by atoms with Crippen molar-refractivity contribution in [3.8, 4) is 0 Å². The third kappa shape index (κ3) is 2.79. The highest BCUT2D eigenvalue weighted by molar-refractivity contribution is 5.65. The first-order valence-electron chi connectivity index (χ1n) is 4.27. The molecule has 0 amide bonds. The average molecular weight is 173 g/mol. The van der Waals surface area contributed by atoms with E-state index in [-0.39, 0.29) is 18.8 Å². The minimum absolute atomic E-state index is 0.0953. The second-order valence-corrected chi connectivity index (χ2v) is 3.46. The number of carbonyl (C=O) groups excluding carboxylic acids is 1. The maximum atomic E-state index is 10.3. The van der Waals surface area contributed by atoms with E-state index >= 15 is 0 Å². The van der Waals surface area contributed by atoms with E-state index in [2.05, 4.69) is 0 Å². The Kier molecular flexibility index (Phi) is 3.05. The second-order valence-electron chi connectivity index (χ2n) is 3.46. The van der Waals surface area contributed by atoms with Gasteiger partial charge in [-0.15, -0.1) is 0 Å². The summed E-state index contributed by atoms with van der Waals surface area (Å²) in [5.41, 5.74) is 0. The van der Waals surface area contributed by atoms with Gasteiger partial charge in [-0.1, -0.05) is 0 Å². The highest BCUT2D eigenvalue weighted by atomic mass is 16.5. The van der Waals surface area contributed by atoms with Crippen molar-refractivity contribution in [2.45, 2.75) is 26.1 Å². The maximum Gasteiger partial charge on any atom is 0.118 e. The third-order valence-corrected chi connectivity index (χ3v) is 2.01. The Morgan fingerprint density at radius 2 is 2.00 bits per heavy atom. The Bertz CT molecular complexity index is 162. The molecular formula is C8H15NO3. The van der Waals surface area contributed by atoms with Gasteiger partial charge in [0, 0.05) is 0 Å². The van der Waals surface area contributed by atoms with Crippen molar-refractivity contribution in [1.82, 2.24) is 0 Å². The molecule has 2 atom stereocenters. The molecule has 0 bridgehead atoms. The number of hydrogen-bond donors (Lipinski definition) is 1. The maximum absolute atomic E-state index is 10.3. The van der Waals surface area contributed by atoms with Gasteiger partial charge in [0.1, 0.15) is 31.8 Å². The van der Waals surface area contributed by atoms with E-state index in [1.54, 1.807) is 0 Å². The molecule has 1 heterocycles. The molecule has 0 unspecified atom stereocenters. The molecule has 70 valence electrons. The van der Waals surface area contributed by atoms with Crippen molar-refractivity contribution in [3.63, 3.8) is 0 Å². The van der Waals surface area contributed by atoms with Crippen LogP contribution in [0.1, 0.15) is 13.8 Å². The fourth-order valence-electron chi connectivity index (χ4n) is 1.74. The topological polar surface area (TPSA) is 53.8 Å². The van der Waals surface area contributed by atoms with Gasteiger partial charge in [-0.2, -0.15) is 0 Å². The van der Waals surface area contributed by atoms with E-state index in [9.17, 15) is 9.90 Å². The van der Waals surface area contributed by atoms with Crippen molar-refractivity contribution < 1.29 is 19.5 Å². The second kappa shape index (κ2) is 3.87. The normalized spacial score (nSPS) is 36.3. The molecule has 0 saturated carbocycles. The molecule has 1 aliphatic heterocycles. The van der Waals surface area contributed by atoms with Crippen molar-refractivity contribution in [1.29, 1.82) is 0 Å².